The van der Waals surface area contributed by atoms with Crippen LogP contribution in [0.4, 0.5) is 51.2 Å². The molecule has 0 saturated carbocycles. The fraction of sp³-hybridized carbons (Fsp3) is 0.0435. The van der Waals surface area contributed by atoms with Crippen molar-refractivity contribution in [2.75, 3.05) is 14.7 Å². The highest BCUT2D eigenvalue weighted by molar-refractivity contribution is 6.30. The number of aryl methyl sites for hydroxylation is 6. The van der Waals surface area contributed by atoms with Gasteiger partial charge in [0.25, 0.3) is 0 Å². The molecule has 0 radical (unpaired) electrons. The van der Waals surface area contributed by atoms with E-state index in [0.717, 1.165) is 34.1 Å². The first-order chi connectivity index (χ1) is 69.4. The smallest absolute Gasteiger partial charge is 0.0493 e. The maximum Gasteiger partial charge on any atom is 0.0493 e. The highest BCUT2D eigenvalue weighted by Crippen LogP contribution is 2.64. The van der Waals surface area contributed by atoms with Gasteiger partial charge in [-0.3, -0.25) is 0 Å². The summed E-state index contributed by atoms with van der Waals surface area (Å²) in [5.41, 5.74) is 49.6. The van der Waals surface area contributed by atoms with Gasteiger partial charge in [0.15, 0.2) is 0 Å². The summed E-state index contributed by atoms with van der Waals surface area (Å²) in [5.74, 6) is 0. The van der Waals surface area contributed by atoms with Crippen LogP contribution in [0.3, 0.4) is 0 Å². The third kappa shape index (κ3) is 14.9. The van der Waals surface area contributed by atoms with Crippen LogP contribution in [0, 0.1) is 41.5 Å². The highest BCUT2D eigenvalue weighted by atomic mass is 15.2. The number of nitrogens with zero attached hydrogens (tertiary/aromatic N) is 3. The standard InChI is InChI=1S/3C46H33N/c1-30-22-25-42(31(2)26-30)47(36-18-10-5-11-19-36)37-24-23-34-28-40-41(29-35(34)27-37)46-44(33-16-8-4-9-17-33)39-21-13-12-20-38(39)43(45(40)46)32-14-6-3-7-15-32;1-30-24-31(2)26-38(25-30)47(36-18-10-5-11-19-36)37-23-22-34-28-41-42(29-35(34)27-37)46-44(33-16-8-4-9-17-33)40-21-13-12-20-39(40)43(45(41)46)32-14-6-3-7-15-32;1-30-22-23-31(2)42(26-30)47(36-18-10-5-11-19-36)37-25-24-34-28-40-41(29-35(34)27-37)46-44(33-16-8-4-9-17-33)39-21-13-12-20-38(39)43(45(40)46)32-14-6-3-7-15-32/h3*3-29H,1-2H3. The molecule has 24 aromatic rings. The second-order valence-electron chi connectivity index (χ2n) is 38.1. The fourth-order valence-electron chi connectivity index (χ4n) is 22.8. The van der Waals surface area contributed by atoms with E-state index in [1.165, 1.54) is 249 Å². The van der Waals surface area contributed by atoms with Crippen LogP contribution in [-0.2, 0) is 0 Å². The molecule has 0 aromatic heterocycles. The van der Waals surface area contributed by atoms with Crippen LogP contribution >= 0.6 is 0 Å². The lowest BCUT2D eigenvalue weighted by Crippen LogP contribution is -2.11. The lowest BCUT2D eigenvalue weighted by molar-refractivity contribution is 1.24. The summed E-state index contributed by atoms with van der Waals surface area (Å²) in [6.45, 7) is 13.1. The third-order valence-electron chi connectivity index (χ3n) is 29.0. The summed E-state index contributed by atoms with van der Waals surface area (Å²) in [7, 11) is 0. The van der Waals surface area contributed by atoms with Gasteiger partial charge in [0.1, 0.15) is 0 Å². The number of rotatable bonds is 15. The summed E-state index contributed by atoms with van der Waals surface area (Å²) in [6.07, 6.45) is 0. The van der Waals surface area contributed by atoms with Crippen molar-refractivity contribution in [1.82, 2.24) is 0 Å². The quantitative estimate of drug-likeness (QED) is 0.101. The van der Waals surface area contributed by atoms with Crippen molar-refractivity contribution in [2.45, 2.75) is 41.5 Å². The summed E-state index contributed by atoms with van der Waals surface area (Å²) in [4.78, 5) is 7.16. The Morgan fingerprint density at radius 2 is 0.369 bits per heavy atom. The molecule has 0 aliphatic heterocycles. The minimum absolute atomic E-state index is 1.15. The predicted molar refractivity (Wildman–Crippen MR) is 603 cm³/mol. The zero-order valence-corrected chi connectivity index (χ0v) is 79.6. The summed E-state index contributed by atoms with van der Waals surface area (Å²) < 4.78 is 0. The van der Waals surface area contributed by atoms with Gasteiger partial charge in [0, 0.05) is 51.2 Å². The molecule has 0 bridgehead atoms. The zero-order valence-electron chi connectivity index (χ0n) is 79.6. The average molecular weight is 1800 g/mol. The number of benzene rings is 24. The van der Waals surface area contributed by atoms with Crippen LogP contribution in [0.5, 0.6) is 0 Å². The van der Waals surface area contributed by atoms with Gasteiger partial charge in [0.05, 0.1) is 0 Å². The van der Waals surface area contributed by atoms with Crippen molar-refractivity contribution in [3.05, 3.63) is 525 Å². The van der Waals surface area contributed by atoms with Crippen molar-refractivity contribution in [1.29, 1.82) is 0 Å². The molecule has 0 amide bonds. The molecule has 0 unspecified atom stereocenters. The molecule has 3 aliphatic carbocycles. The Hall–Kier alpha value is -17.8. The predicted octanol–water partition coefficient (Wildman–Crippen LogP) is 39.2. The molecular weight excluding hydrogens is 1700 g/mol. The second-order valence-corrected chi connectivity index (χ2v) is 38.1. The zero-order chi connectivity index (χ0) is 94.5. The lowest BCUT2D eigenvalue weighted by atomic mass is 9.70. The van der Waals surface area contributed by atoms with Crippen molar-refractivity contribution in [3.8, 4) is 134 Å². The first-order valence-corrected chi connectivity index (χ1v) is 49.1. The summed E-state index contributed by atoms with van der Waals surface area (Å²) in [6, 6.07) is 180. The van der Waals surface area contributed by atoms with Crippen LogP contribution in [0.15, 0.2) is 491 Å². The van der Waals surface area contributed by atoms with Gasteiger partial charge in [0.2, 0.25) is 0 Å². The summed E-state index contributed by atoms with van der Waals surface area (Å²) in [5, 5.41) is 15.2. The SMILES string of the molecule is Cc1cc(C)cc(N(c2ccccc2)c2ccc3cc4c(cc3c2)-c2c-4c(-c3ccccc3)c3ccccc3c2-c2ccccc2)c1.Cc1ccc(C)c(N(c2ccccc2)c2ccc3cc4c(cc3c2)-c2c-4c(-c3ccccc3)c3ccccc3c2-c2ccccc2)c1.Cc1ccc(N(c2ccccc2)c2ccc3cc4c(cc3c2)-c2c-4c(-c3ccccc3)c3ccccc3c2-c2ccccc2)c(C)c1. The van der Waals surface area contributed by atoms with Gasteiger partial charge in [-0.05, 0) is 401 Å². The average Bonchev–Trinajstić information content (AvgIpc) is 0.695. The molecule has 0 heterocycles. The number of para-hydroxylation sites is 3. The van der Waals surface area contributed by atoms with E-state index in [9.17, 15) is 0 Å². The molecule has 3 nitrogen and oxygen atoms in total. The van der Waals surface area contributed by atoms with Gasteiger partial charge in [-0.2, -0.15) is 0 Å². The van der Waals surface area contributed by atoms with Gasteiger partial charge in [-0.1, -0.05) is 363 Å². The Bertz CT molecular complexity index is 9030. The molecule has 0 atom stereocenters. The Morgan fingerprint density at radius 3 is 0.660 bits per heavy atom. The van der Waals surface area contributed by atoms with Crippen LogP contribution < -0.4 is 14.7 Å². The van der Waals surface area contributed by atoms with Crippen molar-refractivity contribution in [2.24, 2.45) is 0 Å². The number of hydrogen-bond donors (Lipinski definition) is 0. The maximum atomic E-state index is 2.43. The normalized spacial score (nSPS) is 11.6. The van der Waals surface area contributed by atoms with E-state index >= 15 is 0 Å². The topological polar surface area (TPSA) is 9.72 Å². The highest BCUT2D eigenvalue weighted by Gasteiger charge is 2.38. The van der Waals surface area contributed by atoms with E-state index in [-0.39, 0.29) is 0 Å². The van der Waals surface area contributed by atoms with Gasteiger partial charge in [-0.25, -0.2) is 0 Å². The first kappa shape index (κ1) is 84.9. The van der Waals surface area contributed by atoms with Crippen LogP contribution in [-0.4, -0.2) is 0 Å². The number of hydrogen-bond acceptors (Lipinski definition) is 3. The van der Waals surface area contributed by atoms with Crippen molar-refractivity contribution in [3.63, 3.8) is 0 Å². The monoisotopic (exact) mass is 1800 g/mol. The van der Waals surface area contributed by atoms with Crippen LogP contribution in [0.1, 0.15) is 33.4 Å². The first-order valence-electron chi connectivity index (χ1n) is 49.1. The van der Waals surface area contributed by atoms with Crippen LogP contribution in [0.25, 0.3) is 198 Å². The molecular formula is C138H99N3. The van der Waals surface area contributed by atoms with E-state index in [1.54, 1.807) is 0 Å². The largest absolute Gasteiger partial charge is 0.310 e. The van der Waals surface area contributed by atoms with Crippen LogP contribution in [0.2, 0.25) is 0 Å². The minimum atomic E-state index is 1.15. The molecule has 24 aromatic carbocycles. The van der Waals surface area contributed by atoms with Gasteiger partial charge >= 0.3 is 0 Å². The lowest BCUT2D eigenvalue weighted by Gasteiger charge is -2.33. The Labute approximate surface area is 824 Å². The van der Waals surface area contributed by atoms with Gasteiger partial charge < -0.3 is 14.7 Å². The summed E-state index contributed by atoms with van der Waals surface area (Å²) >= 11 is 0. The molecule has 3 aliphatic rings. The molecule has 27 rings (SSSR count). The van der Waals surface area contributed by atoms with Crippen molar-refractivity contribution < 1.29 is 0 Å². The Balaban J connectivity index is 0.000000111. The minimum Gasteiger partial charge on any atom is -0.310 e. The van der Waals surface area contributed by atoms with Crippen molar-refractivity contribution >= 4 is 116 Å². The third-order valence-corrected chi connectivity index (χ3v) is 29.0. The Kier molecular flexibility index (Phi) is 21.3. The number of anilines is 9. The molecule has 0 N–H and O–H groups in total. The maximum absolute atomic E-state index is 2.43. The molecule has 3 heteroatoms. The molecule has 141 heavy (non-hydrogen) atoms. The Morgan fingerprint density at radius 1 is 0.128 bits per heavy atom. The van der Waals surface area contributed by atoms with E-state index in [4.69, 9.17) is 0 Å². The second kappa shape index (κ2) is 35.4. The molecule has 666 valence electrons. The van der Waals surface area contributed by atoms with E-state index < -0.39 is 0 Å². The fourth-order valence-corrected chi connectivity index (χ4v) is 22.8. The molecule has 0 spiro atoms. The van der Waals surface area contributed by atoms with E-state index in [1.807, 2.05) is 0 Å². The van der Waals surface area contributed by atoms with E-state index in [2.05, 4.69) is 548 Å². The molecule has 0 fully saturated rings. The van der Waals surface area contributed by atoms with Gasteiger partial charge in [-0.15, -0.1) is 0 Å². The molecule has 0 saturated heterocycles. The van der Waals surface area contributed by atoms with E-state index in [0.29, 0.717) is 0 Å². The number of fused-ring (bicyclic) bond motifs is 18.